The minimum atomic E-state index is -0.0791. The molecule has 1 saturated carbocycles. The molecule has 0 saturated heterocycles. The molecule has 5 heteroatoms. The summed E-state index contributed by atoms with van der Waals surface area (Å²) in [6.07, 6.45) is 2.13. The monoisotopic (exact) mass is 308 g/mol. The van der Waals surface area contributed by atoms with Crippen molar-refractivity contribution < 1.29 is 4.52 Å². The number of aromatic amines is 1. The first kappa shape index (κ1) is 14.2. The number of nitrogens with one attached hydrogen (secondary N) is 1. The van der Waals surface area contributed by atoms with Crippen LogP contribution < -0.4 is 0 Å². The highest BCUT2D eigenvalue weighted by Gasteiger charge is 2.50. The maximum absolute atomic E-state index is 5.49. The summed E-state index contributed by atoms with van der Waals surface area (Å²) in [7, 11) is 0. The van der Waals surface area contributed by atoms with Gasteiger partial charge < -0.3 is 4.52 Å². The van der Waals surface area contributed by atoms with Gasteiger partial charge in [0.05, 0.1) is 5.41 Å². The Morgan fingerprint density at radius 3 is 2.65 bits per heavy atom. The Hall–Kier alpha value is -2.43. The molecule has 0 atom stereocenters. The van der Waals surface area contributed by atoms with E-state index in [1.165, 1.54) is 11.1 Å². The predicted molar refractivity (Wildman–Crippen MR) is 87.2 cm³/mol. The van der Waals surface area contributed by atoms with Crippen LogP contribution >= 0.6 is 0 Å². The van der Waals surface area contributed by atoms with Gasteiger partial charge in [-0.25, -0.2) is 0 Å². The molecule has 2 heterocycles. The van der Waals surface area contributed by atoms with Gasteiger partial charge in [0, 0.05) is 5.69 Å². The van der Waals surface area contributed by atoms with E-state index in [1.54, 1.807) is 0 Å². The van der Waals surface area contributed by atoms with Crippen molar-refractivity contribution in [1.82, 2.24) is 20.3 Å². The zero-order chi connectivity index (χ0) is 16.0. The Morgan fingerprint density at radius 1 is 1.22 bits per heavy atom. The lowest BCUT2D eigenvalue weighted by molar-refractivity contribution is 0.416. The van der Waals surface area contributed by atoms with E-state index in [-0.39, 0.29) is 5.41 Å². The highest BCUT2D eigenvalue weighted by atomic mass is 16.5. The third-order valence-electron chi connectivity index (χ3n) is 4.70. The largest absolute Gasteiger partial charge is 0.332 e. The standard InChI is InChI=1S/C18H20N4O/c1-11(2)14-10-15(21-20-14)16-19-17(22-23-16)18(8-9-18)13-7-5-4-6-12(13)3/h4-7,10-11H,8-9H2,1-3H3,(H,20,21). The SMILES string of the molecule is Cc1ccccc1C1(c2noc(-c3cc(C(C)C)[nH]n3)n2)CC1. The summed E-state index contributed by atoms with van der Waals surface area (Å²) in [5.41, 5.74) is 4.29. The van der Waals surface area contributed by atoms with Crippen molar-refractivity contribution >= 4 is 0 Å². The molecular formula is C18H20N4O. The van der Waals surface area contributed by atoms with E-state index in [4.69, 9.17) is 4.52 Å². The minimum Gasteiger partial charge on any atom is -0.332 e. The number of aryl methyl sites for hydroxylation is 1. The zero-order valence-corrected chi connectivity index (χ0v) is 13.6. The number of aromatic nitrogens is 4. The molecule has 23 heavy (non-hydrogen) atoms. The molecule has 1 aromatic carbocycles. The van der Waals surface area contributed by atoms with Crippen LogP contribution in [0.2, 0.25) is 0 Å². The normalized spacial score (nSPS) is 16.0. The Labute approximate surface area is 135 Å². The van der Waals surface area contributed by atoms with E-state index in [0.29, 0.717) is 17.5 Å². The van der Waals surface area contributed by atoms with Crippen molar-refractivity contribution in [1.29, 1.82) is 0 Å². The van der Waals surface area contributed by atoms with Gasteiger partial charge in [-0.15, -0.1) is 0 Å². The van der Waals surface area contributed by atoms with Crippen LogP contribution in [0.15, 0.2) is 34.9 Å². The molecule has 0 aliphatic heterocycles. The van der Waals surface area contributed by atoms with E-state index in [2.05, 4.69) is 65.4 Å². The van der Waals surface area contributed by atoms with Crippen LogP contribution in [0, 0.1) is 6.92 Å². The second-order valence-electron chi connectivity index (χ2n) is 6.68. The molecule has 0 bridgehead atoms. The van der Waals surface area contributed by atoms with Crippen LogP contribution in [0.4, 0.5) is 0 Å². The number of H-pyrrole nitrogens is 1. The van der Waals surface area contributed by atoms with Crippen LogP contribution in [-0.4, -0.2) is 20.3 Å². The molecule has 3 aromatic rings. The first-order chi connectivity index (χ1) is 11.1. The highest BCUT2D eigenvalue weighted by Crippen LogP contribution is 2.53. The van der Waals surface area contributed by atoms with E-state index in [0.717, 1.165) is 24.4 Å². The van der Waals surface area contributed by atoms with Gasteiger partial charge in [-0.3, -0.25) is 5.10 Å². The molecule has 5 nitrogen and oxygen atoms in total. The second kappa shape index (κ2) is 5.05. The Balaban J connectivity index is 1.69. The number of rotatable bonds is 4. The van der Waals surface area contributed by atoms with Crippen molar-refractivity contribution in [2.75, 3.05) is 0 Å². The summed E-state index contributed by atoms with van der Waals surface area (Å²) in [5.74, 6) is 1.65. The van der Waals surface area contributed by atoms with Crippen LogP contribution in [0.5, 0.6) is 0 Å². The summed E-state index contributed by atoms with van der Waals surface area (Å²) in [4.78, 5) is 4.64. The quantitative estimate of drug-likeness (QED) is 0.792. The summed E-state index contributed by atoms with van der Waals surface area (Å²) >= 11 is 0. The van der Waals surface area contributed by atoms with Gasteiger partial charge in [0.2, 0.25) is 0 Å². The molecule has 1 aliphatic rings. The minimum absolute atomic E-state index is 0.0791. The first-order valence-electron chi connectivity index (χ1n) is 8.06. The summed E-state index contributed by atoms with van der Waals surface area (Å²) in [5, 5.41) is 11.6. The molecule has 1 fully saturated rings. The second-order valence-corrected chi connectivity index (χ2v) is 6.68. The molecule has 0 amide bonds. The van der Waals surface area contributed by atoms with E-state index in [9.17, 15) is 0 Å². The maximum Gasteiger partial charge on any atom is 0.278 e. The lowest BCUT2D eigenvalue weighted by Crippen LogP contribution is -2.12. The summed E-state index contributed by atoms with van der Waals surface area (Å²) in [6, 6.07) is 10.4. The average Bonchev–Trinajstić information content (AvgIpc) is 3.00. The Morgan fingerprint density at radius 2 is 2.00 bits per heavy atom. The maximum atomic E-state index is 5.49. The van der Waals surface area contributed by atoms with Crippen molar-refractivity contribution in [2.24, 2.45) is 0 Å². The third-order valence-corrected chi connectivity index (χ3v) is 4.70. The molecule has 1 aliphatic carbocycles. The van der Waals surface area contributed by atoms with Crippen LogP contribution in [0.25, 0.3) is 11.6 Å². The third kappa shape index (κ3) is 2.27. The zero-order valence-electron chi connectivity index (χ0n) is 13.6. The van der Waals surface area contributed by atoms with Gasteiger partial charge in [0.1, 0.15) is 0 Å². The summed E-state index contributed by atoms with van der Waals surface area (Å²) < 4.78 is 5.49. The first-order valence-corrected chi connectivity index (χ1v) is 8.06. The van der Waals surface area contributed by atoms with E-state index >= 15 is 0 Å². The Bertz CT molecular complexity index is 842. The molecule has 0 radical (unpaired) electrons. The van der Waals surface area contributed by atoms with Crippen LogP contribution in [0.1, 0.15) is 55.3 Å². The van der Waals surface area contributed by atoms with Gasteiger partial charge in [-0.2, -0.15) is 10.1 Å². The number of nitrogens with zero attached hydrogens (tertiary/aromatic N) is 3. The number of hydrogen-bond donors (Lipinski definition) is 1. The van der Waals surface area contributed by atoms with Crippen molar-refractivity contribution in [3.63, 3.8) is 0 Å². The van der Waals surface area contributed by atoms with Gasteiger partial charge >= 0.3 is 0 Å². The fourth-order valence-corrected chi connectivity index (χ4v) is 3.11. The van der Waals surface area contributed by atoms with Gasteiger partial charge in [0.15, 0.2) is 11.5 Å². The topological polar surface area (TPSA) is 67.6 Å². The Kier molecular flexibility index (Phi) is 3.11. The lowest BCUT2D eigenvalue weighted by atomic mass is 9.91. The van der Waals surface area contributed by atoms with Gasteiger partial charge in [-0.1, -0.05) is 43.3 Å². The lowest BCUT2D eigenvalue weighted by Gasteiger charge is -2.13. The van der Waals surface area contributed by atoms with E-state index in [1.807, 2.05) is 6.07 Å². The number of hydrogen-bond acceptors (Lipinski definition) is 4. The fraction of sp³-hybridized carbons (Fsp3) is 0.389. The van der Waals surface area contributed by atoms with Gasteiger partial charge in [-0.05, 0) is 42.9 Å². The van der Waals surface area contributed by atoms with Crippen molar-refractivity contribution in [2.45, 2.75) is 44.9 Å². The highest BCUT2D eigenvalue weighted by molar-refractivity contribution is 5.49. The number of benzene rings is 1. The predicted octanol–water partition coefficient (Wildman–Crippen LogP) is 3.97. The van der Waals surface area contributed by atoms with Gasteiger partial charge in [0.25, 0.3) is 5.89 Å². The fourth-order valence-electron chi connectivity index (χ4n) is 3.11. The molecular weight excluding hydrogens is 288 g/mol. The van der Waals surface area contributed by atoms with Crippen LogP contribution in [-0.2, 0) is 5.41 Å². The molecule has 4 rings (SSSR count). The van der Waals surface area contributed by atoms with E-state index < -0.39 is 0 Å². The van der Waals surface area contributed by atoms with Crippen molar-refractivity contribution in [3.8, 4) is 11.6 Å². The molecule has 0 unspecified atom stereocenters. The molecule has 2 aromatic heterocycles. The molecule has 118 valence electrons. The summed E-state index contributed by atoms with van der Waals surface area (Å²) in [6.45, 7) is 6.38. The van der Waals surface area contributed by atoms with Crippen molar-refractivity contribution in [3.05, 3.63) is 53.0 Å². The molecule has 0 spiro atoms. The smallest absolute Gasteiger partial charge is 0.278 e. The average molecular weight is 308 g/mol. The molecule has 1 N–H and O–H groups in total. The van der Waals surface area contributed by atoms with Crippen LogP contribution in [0.3, 0.4) is 0 Å².